The number of anilines is 2. The predicted octanol–water partition coefficient (Wildman–Crippen LogP) is 6.58. The van der Waals surface area contributed by atoms with Gasteiger partial charge in [0.1, 0.15) is 47.4 Å². The van der Waals surface area contributed by atoms with Crippen molar-refractivity contribution in [2.75, 3.05) is 30.3 Å². The Kier molecular flexibility index (Phi) is 8.46. The molecule has 3 aromatic heterocycles. The Balaban J connectivity index is 0.802. The van der Waals surface area contributed by atoms with E-state index in [0.29, 0.717) is 66.3 Å². The van der Waals surface area contributed by atoms with Crippen LogP contribution in [0.15, 0.2) is 85.5 Å². The number of fused-ring (bicyclic) bond motifs is 4. The normalized spacial score (nSPS) is 25.4. The van der Waals surface area contributed by atoms with E-state index in [4.69, 9.17) is 15.6 Å². The van der Waals surface area contributed by atoms with Gasteiger partial charge in [-0.15, -0.1) is 0 Å². The van der Waals surface area contributed by atoms with Crippen molar-refractivity contribution in [1.29, 1.82) is 0 Å². The van der Waals surface area contributed by atoms with E-state index in [9.17, 15) is 9.59 Å². The number of alkyl halides is 1. The number of rotatable bonds is 8. The molecule has 5 aliphatic rings. The predicted molar refractivity (Wildman–Crippen MR) is 207 cm³/mol. The summed E-state index contributed by atoms with van der Waals surface area (Å²) in [5, 5.41) is 9.52. The average molecular weight is 758 g/mol. The molecule has 56 heavy (non-hydrogen) atoms. The zero-order valence-corrected chi connectivity index (χ0v) is 30.6. The summed E-state index contributed by atoms with van der Waals surface area (Å²) in [6.07, 6.45) is 7.57. The van der Waals surface area contributed by atoms with Crippen molar-refractivity contribution >= 4 is 45.1 Å². The molecule has 3 N–H and O–H groups in total. The monoisotopic (exact) mass is 757 g/mol. The Labute approximate surface area is 321 Å². The number of hydrogen-bond donors (Lipinski definition) is 2. The van der Waals surface area contributed by atoms with Gasteiger partial charge in [0, 0.05) is 66.9 Å². The van der Waals surface area contributed by atoms with Crippen LogP contribution >= 0.6 is 0 Å². The fraction of sp³-hybridized carbons (Fsp3) is 0.357. The molecule has 2 amide bonds. The van der Waals surface area contributed by atoms with E-state index in [2.05, 4.69) is 25.1 Å². The number of imide groups is 1. The molecule has 14 heteroatoms. The summed E-state index contributed by atoms with van der Waals surface area (Å²) in [6.45, 7) is 2.21. The van der Waals surface area contributed by atoms with E-state index in [1.165, 1.54) is 12.4 Å². The number of benzene rings is 3. The number of amides is 2. The number of piperidine rings is 2. The lowest BCUT2D eigenvalue weighted by Crippen LogP contribution is -2.69. The zero-order chi connectivity index (χ0) is 38.1. The summed E-state index contributed by atoms with van der Waals surface area (Å²) in [5.41, 5.74) is 8.89. The first-order valence-corrected chi connectivity index (χ1v) is 19.4. The number of nitrogens with one attached hydrogen (secondary N) is 1. The number of para-hydroxylation sites is 1. The van der Waals surface area contributed by atoms with Crippen molar-refractivity contribution in [2.45, 2.75) is 68.9 Å². The molecule has 1 aliphatic carbocycles. The highest BCUT2D eigenvalue weighted by molar-refractivity contribution is 6.00. The molecule has 4 aliphatic heterocycles. The maximum absolute atomic E-state index is 16.3. The third kappa shape index (κ3) is 6.12. The summed E-state index contributed by atoms with van der Waals surface area (Å²) < 4.78 is 41.3. The van der Waals surface area contributed by atoms with Gasteiger partial charge in [-0.3, -0.25) is 19.8 Å². The number of carbonyl (C=O) groups is 2. The fourth-order valence-electron chi connectivity index (χ4n) is 9.40. The van der Waals surface area contributed by atoms with E-state index in [1.807, 2.05) is 66.9 Å². The van der Waals surface area contributed by atoms with Gasteiger partial charge in [-0.1, -0.05) is 18.2 Å². The first-order chi connectivity index (χ1) is 27.3. The van der Waals surface area contributed by atoms with Crippen molar-refractivity contribution < 1.29 is 23.1 Å². The van der Waals surface area contributed by atoms with Crippen molar-refractivity contribution in [3.8, 4) is 22.8 Å². The molecule has 6 aromatic rings. The van der Waals surface area contributed by atoms with E-state index < -0.39 is 18.3 Å². The van der Waals surface area contributed by atoms with Crippen LogP contribution in [0.4, 0.5) is 20.3 Å². The molecule has 4 saturated heterocycles. The van der Waals surface area contributed by atoms with Crippen LogP contribution in [0.5, 0.6) is 11.5 Å². The minimum atomic E-state index is -1.12. The SMILES string of the molecule is Nc1ncnc2c1c(-c1ccc(Oc3ccccc3)cc1)nn2C1CCC(CN2C3CC2CN(c2cc4cn(C5CCC(=O)NC5=O)cc4cc2F)C3)CC1F. The minimum Gasteiger partial charge on any atom is -0.457 e. The van der Waals surface area contributed by atoms with Crippen LogP contribution in [0.1, 0.15) is 50.6 Å². The molecule has 7 heterocycles. The molecular formula is C42H41F2N9O3. The van der Waals surface area contributed by atoms with Crippen LogP contribution in [0, 0.1) is 11.7 Å². The van der Waals surface area contributed by atoms with Gasteiger partial charge in [0.05, 0.1) is 17.1 Å². The lowest BCUT2D eigenvalue weighted by Gasteiger charge is -2.58. The van der Waals surface area contributed by atoms with Gasteiger partial charge in [-0.25, -0.2) is 23.4 Å². The van der Waals surface area contributed by atoms with Gasteiger partial charge in [0.25, 0.3) is 0 Å². The molecule has 6 atom stereocenters. The van der Waals surface area contributed by atoms with E-state index in [-0.39, 0.29) is 42.1 Å². The Morgan fingerprint density at radius 3 is 2.39 bits per heavy atom. The number of hydrogen-bond acceptors (Lipinski definition) is 9. The molecule has 3 aromatic carbocycles. The van der Waals surface area contributed by atoms with Crippen LogP contribution in [0.3, 0.4) is 0 Å². The molecule has 5 fully saturated rings. The van der Waals surface area contributed by atoms with E-state index in [1.54, 1.807) is 15.4 Å². The average Bonchev–Trinajstić information content (AvgIpc) is 3.79. The highest BCUT2D eigenvalue weighted by Crippen LogP contribution is 2.43. The topological polar surface area (TPSA) is 136 Å². The number of piperazine rings is 1. The van der Waals surface area contributed by atoms with Gasteiger partial charge in [0.15, 0.2) is 5.65 Å². The van der Waals surface area contributed by atoms with E-state index in [0.717, 1.165) is 41.5 Å². The minimum absolute atomic E-state index is 0.191. The lowest BCUT2D eigenvalue weighted by molar-refractivity contribution is -0.135. The van der Waals surface area contributed by atoms with Gasteiger partial charge < -0.3 is 19.9 Å². The Morgan fingerprint density at radius 1 is 0.893 bits per heavy atom. The standard InChI is InChI=1S/C42H41F2N9O3/c43-32-14-24(6-11-34(32)53-41-38(40(45)46-23-47-41)39(49-53)25-7-9-31(10-8-25)56-30-4-2-1-3-5-30)18-52-28-17-29(52)22-51(21-28)36-16-27-20-50(19-26(27)15-33(36)44)35-12-13-37(54)48-42(35)55/h1-5,7-10,15-16,19-20,23-24,28-29,32,34-35H,6,11-14,17-18,21-22H2,(H2,45,46,47)(H,48,54,55). The van der Waals surface area contributed by atoms with Gasteiger partial charge in [-0.05, 0) is 86.6 Å². The maximum atomic E-state index is 16.3. The maximum Gasteiger partial charge on any atom is 0.249 e. The molecule has 0 spiro atoms. The lowest BCUT2D eigenvalue weighted by atomic mass is 9.80. The number of ether oxygens (including phenoxy) is 1. The van der Waals surface area contributed by atoms with Crippen molar-refractivity contribution in [3.05, 3.63) is 91.3 Å². The smallest absolute Gasteiger partial charge is 0.249 e. The highest BCUT2D eigenvalue weighted by atomic mass is 19.1. The Hall–Kier alpha value is -5.89. The van der Waals surface area contributed by atoms with Crippen LogP contribution in [-0.2, 0) is 9.59 Å². The second-order valence-corrected chi connectivity index (χ2v) is 15.7. The summed E-state index contributed by atoms with van der Waals surface area (Å²) in [7, 11) is 0. The second kappa shape index (κ2) is 13.7. The fourth-order valence-corrected chi connectivity index (χ4v) is 9.40. The summed E-state index contributed by atoms with van der Waals surface area (Å²) in [6, 6.07) is 20.1. The summed E-state index contributed by atoms with van der Waals surface area (Å²) in [5.74, 6) is 1.02. The van der Waals surface area contributed by atoms with Crippen LogP contribution < -0.4 is 20.7 Å². The van der Waals surface area contributed by atoms with Crippen LogP contribution in [0.25, 0.3) is 33.1 Å². The summed E-state index contributed by atoms with van der Waals surface area (Å²) in [4.78, 5) is 37.5. The molecule has 0 radical (unpaired) electrons. The number of aromatic nitrogens is 5. The molecule has 1 saturated carbocycles. The van der Waals surface area contributed by atoms with Crippen LogP contribution in [-0.4, -0.2) is 78.9 Å². The zero-order valence-electron chi connectivity index (χ0n) is 30.6. The van der Waals surface area contributed by atoms with Gasteiger partial charge in [-0.2, -0.15) is 5.10 Å². The van der Waals surface area contributed by atoms with Crippen molar-refractivity contribution in [3.63, 3.8) is 0 Å². The number of nitrogens with zero attached hydrogens (tertiary/aromatic N) is 7. The number of halogens is 2. The number of carbonyl (C=O) groups excluding carboxylic acids is 2. The van der Waals surface area contributed by atoms with Gasteiger partial charge >= 0.3 is 0 Å². The van der Waals surface area contributed by atoms with Crippen molar-refractivity contribution in [1.82, 2.24) is 34.5 Å². The molecule has 11 rings (SSSR count). The molecule has 6 unspecified atom stereocenters. The molecular weight excluding hydrogens is 717 g/mol. The number of nitrogens with two attached hydrogens (primary N) is 1. The first-order valence-electron chi connectivity index (χ1n) is 19.4. The molecule has 286 valence electrons. The highest BCUT2D eigenvalue weighted by Gasteiger charge is 2.47. The second-order valence-electron chi connectivity index (χ2n) is 15.7. The van der Waals surface area contributed by atoms with E-state index >= 15 is 8.78 Å². The Morgan fingerprint density at radius 2 is 1.64 bits per heavy atom. The van der Waals surface area contributed by atoms with Crippen LogP contribution in [0.2, 0.25) is 0 Å². The summed E-state index contributed by atoms with van der Waals surface area (Å²) >= 11 is 0. The molecule has 12 nitrogen and oxygen atoms in total. The third-order valence-electron chi connectivity index (χ3n) is 12.2. The molecule has 2 bridgehead atoms. The third-order valence-corrected chi connectivity index (χ3v) is 12.2. The Bertz CT molecular complexity index is 2460. The van der Waals surface area contributed by atoms with Gasteiger partial charge in [0.2, 0.25) is 11.8 Å². The first kappa shape index (κ1) is 34.6. The number of nitrogen functional groups attached to an aromatic ring is 1. The van der Waals surface area contributed by atoms with Crippen molar-refractivity contribution in [2.24, 2.45) is 5.92 Å². The largest absolute Gasteiger partial charge is 0.457 e. The quantitative estimate of drug-likeness (QED) is 0.165.